The monoisotopic (exact) mass is 478 g/mol. The number of nitrogens with zero attached hydrogens (tertiary/aromatic N) is 1. The minimum absolute atomic E-state index is 0.120. The van der Waals surface area contributed by atoms with Crippen LogP contribution >= 0.6 is 22.9 Å². The lowest BCUT2D eigenvalue weighted by Gasteiger charge is -2.25. The second-order valence-electron chi connectivity index (χ2n) is 6.31. The van der Waals surface area contributed by atoms with Crippen LogP contribution in [0.3, 0.4) is 0 Å². The van der Waals surface area contributed by atoms with Crippen molar-refractivity contribution in [2.24, 2.45) is 0 Å². The topological polar surface area (TPSA) is 92.8 Å². The summed E-state index contributed by atoms with van der Waals surface area (Å²) in [7, 11) is -3.18. The highest BCUT2D eigenvalue weighted by Crippen LogP contribution is 2.31. The van der Waals surface area contributed by atoms with E-state index in [0.29, 0.717) is 0 Å². The van der Waals surface area contributed by atoms with Gasteiger partial charge in [0.25, 0.3) is 10.0 Å². The zero-order valence-corrected chi connectivity index (χ0v) is 18.8. The molecule has 0 saturated heterocycles. The molecule has 10 heteroatoms. The van der Waals surface area contributed by atoms with Crippen molar-refractivity contribution in [2.45, 2.75) is 11.4 Å². The highest BCUT2D eigenvalue weighted by molar-refractivity contribution is 7.93. The smallest absolute Gasteiger partial charge is 0.339 e. The fourth-order valence-corrected chi connectivity index (χ4v) is 5.38. The predicted molar refractivity (Wildman–Crippen MR) is 120 cm³/mol. The predicted octanol–water partition coefficient (Wildman–Crippen LogP) is 3.70. The zero-order chi connectivity index (χ0) is 22.4. The molecule has 2 aromatic carbocycles. The van der Waals surface area contributed by atoms with E-state index in [4.69, 9.17) is 16.3 Å². The van der Waals surface area contributed by atoms with E-state index in [1.807, 2.05) is 17.5 Å². The van der Waals surface area contributed by atoms with Crippen LogP contribution in [0.1, 0.15) is 15.2 Å². The molecule has 0 aliphatic heterocycles. The maximum Gasteiger partial charge on any atom is 0.339 e. The first-order chi connectivity index (χ1) is 14.8. The number of hydrogen-bond donors (Lipinski definition) is 1. The minimum atomic E-state index is -4.34. The minimum Gasteiger partial charge on any atom is -0.465 e. The molecule has 0 aliphatic carbocycles. The summed E-state index contributed by atoms with van der Waals surface area (Å²) in [6.07, 6.45) is 0. The second-order valence-corrected chi connectivity index (χ2v) is 9.58. The maximum absolute atomic E-state index is 13.6. The summed E-state index contributed by atoms with van der Waals surface area (Å²) < 4.78 is 32.8. The van der Waals surface area contributed by atoms with Gasteiger partial charge >= 0.3 is 5.97 Å². The number of anilines is 1. The number of carbonyl (C=O) groups excluding carboxylic acids is 2. The molecule has 0 radical (unpaired) electrons. The molecule has 0 saturated carbocycles. The molecule has 1 amide bonds. The molecule has 3 rings (SSSR count). The van der Waals surface area contributed by atoms with Crippen molar-refractivity contribution in [3.63, 3.8) is 0 Å². The van der Waals surface area contributed by atoms with Gasteiger partial charge in [0, 0.05) is 4.88 Å². The van der Waals surface area contributed by atoms with Crippen LogP contribution in [0.5, 0.6) is 0 Å². The van der Waals surface area contributed by atoms with Crippen LogP contribution in [0.15, 0.2) is 70.9 Å². The van der Waals surface area contributed by atoms with Gasteiger partial charge in [-0.15, -0.1) is 11.3 Å². The third-order valence-electron chi connectivity index (χ3n) is 4.31. The van der Waals surface area contributed by atoms with Gasteiger partial charge in [-0.3, -0.25) is 9.10 Å². The van der Waals surface area contributed by atoms with Crippen molar-refractivity contribution in [2.75, 3.05) is 18.0 Å². The number of sulfonamides is 1. The molecule has 0 aliphatic rings. The van der Waals surface area contributed by atoms with Gasteiger partial charge in [0.1, 0.15) is 11.4 Å². The summed E-state index contributed by atoms with van der Waals surface area (Å²) in [5, 5.41) is 4.73. The standard InChI is InChI=1S/C21H19ClN2O5S2/c1-29-21(26)16-8-2-5-11-19(16)31(27,28)24(18-10-4-3-9-17(18)22)14-20(25)23-13-15-7-6-12-30-15/h2-12H,13-14H2,1H3,(H,23,25). The van der Waals surface area contributed by atoms with E-state index in [1.165, 1.54) is 47.7 Å². The molecule has 162 valence electrons. The number of halogens is 1. The Labute approximate surface area is 189 Å². The van der Waals surface area contributed by atoms with Crippen molar-refractivity contribution in [3.05, 3.63) is 81.5 Å². The number of thiophene rings is 1. The van der Waals surface area contributed by atoms with Crippen molar-refractivity contribution in [1.82, 2.24) is 5.32 Å². The summed E-state index contributed by atoms with van der Waals surface area (Å²) in [4.78, 5) is 25.4. The van der Waals surface area contributed by atoms with Gasteiger partial charge in [-0.25, -0.2) is 13.2 Å². The normalized spacial score (nSPS) is 11.0. The fourth-order valence-electron chi connectivity index (χ4n) is 2.83. The Balaban J connectivity index is 1.99. The Bertz CT molecular complexity index is 1180. The van der Waals surface area contributed by atoms with E-state index < -0.39 is 28.4 Å². The van der Waals surface area contributed by atoms with Crippen molar-refractivity contribution < 1.29 is 22.7 Å². The molecule has 0 unspecified atom stereocenters. The Morgan fingerprint density at radius 3 is 2.45 bits per heavy atom. The number of ether oxygens (including phenoxy) is 1. The molecule has 1 aromatic heterocycles. The fraction of sp³-hybridized carbons (Fsp3) is 0.143. The maximum atomic E-state index is 13.6. The third-order valence-corrected chi connectivity index (χ3v) is 7.32. The Morgan fingerprint density at radius 2 is 1.77 bits per heavy atom. The van der Waals surface area contributed by atoms with E-state index in [9.17, 15) is 18.0 Å². The molecule has 0 atom stereocenters. The lowest BCUT2D eigenvalue weighted by atomic mass is 10.2. The highest BCUT2D eigenvalue weighted by atomic mass is 35.5. The first kappa shape index (κ1) is 22.8. The number of nitrogens with one attached hydrogen (secondary N) is 1. The summed E-state index contributed by atoms with van der Waals surface area (Å²) in [5.41, 5.74) is -0.0174. The summed E-state index contributed by atoms with van der Waals surface area (Å²) >= 11 is 7.73. The summed E-state index contributed by atoms with van der Waals surface area (Å²) in [5.74, 6) is -1.33. The average Bonchev–Trinajstić information content (AvgIpc) is 3.30. The van der Waals surface area contributed by atoms with Crippen LogP contribution in [0.4, 0.5) is 5.69 Å². The number of para-hydroxylation sites is 1. The molecule has 0 bridgehead atoms. The molecular weight excluding hydrogens is 460 g/mol. The number of methoxy groups -OCH3 is 1. The molecule has 1 N–H and O–H groups in total. The van der Waals surface area contributed by atoms with Crippen LogP contribution in [0.2, 0.25) is 5.02 Å². The van der Waals surface area contributed by atoms with Gasteiger partial charge in [0.15, 0.2) is 0 Å². The number of hydrogen-bond acceptors (Lipinski definition) is 6. The number of benzene rings is 2. The van der Waals surface area contributed by atoms with Crippen molar-refractivity contribution >= 4 is 50.5 Å². The second kappa shape index (κ2) is 9.95. The molecule has 0 spiro atoms. The highest BCUT2D eigenvalue weighted by Gasteiger charge is 2.32. The first-order valence-electron chi connectivity index (χ1n) is 9.08. The largest absolute Gasteiger partial charge is 0.465 e. The molecular formula is C21H19ClN2O5S2. The lowest BCUT2D eigenvalue weighted by Crippen LogP contribution is -2.41. The molecule has 1 heterocycles. The van der Waals surface area contributed by atoms with E-state index in [-0.39, 0.29) is 27.7 Å². The Kier molecular flexibility index (Phi) is 7.32. The van der Waals surface area contributed by atoms with Gasteiger partial charge in [-0.2, -0.15) is 0 Å². The number of amides is 1. The van der Waals surface area contributed by atoms with E-state index >= 15 is 0 Å². The third kappa shape index (κ3) is 5.25. The van der Waals surface area contributed by atoms with Crippen LogP contribution in [0.25, 0.3) is 0 Å². The molecule has 7 nitrogen and oxygen atoms in total. The zero-order valence-electron chi connectivity index (χ0n) is 16.4. The Morgan fingerprint density at radius 1 is 1.06 bits per heavy atom. The van der Waals surface area contributed by atoms with E-state index in [0.717, 1.165) is 16.3 Å². The number of esters is 1. The summed E-state index contributed by atoms with van der Waals surface area (Å²) in [6.45, 7) is -0.251. The van der Waals surface area contributed by atoms with Crippen LogP contribution < -0.4 is 9.62 Å². The van der Waals surface area contributed by atoms with Gasteiger partial charge < -0.3 is 10.1 Å². The van der Waals surface area contributed by atoms with Gasteiger partial charge in [-0.1, -0.05) is 41.9 Å². The van der Waals surface area contributed by atoms with Crippen LogP contribution in [0, 0.1) is 0 Å². The number of carbonyl (C=O) groups is 2. The SMILES string of the molecule is COC(=O)c1ccccc1S(=O)(=O)N(CC(=O)NCc1cccs1)c1ccccc1Cl. The average molecular weight is 479 g/mol. The number of rotatable bonds is 8. The quantitative estimate of drug-likeness (QED) is 0.498. The Hall–Kier alpha value is -2.88. The molecule has 31 heavy (non-hydrogen) atoms. The van der Waals surface area contributed by atoms with E-state index in [1.54, 1.807) is 12.1 Å². The van der Waals surface area contributed by atoms with Gasteiger partial charge in [0.2, 0.25) is 5.91 Å². The lowest BCUT2D eigenvalue weighted by molar-refractivity contribution is -0.119. The van der Waals surface area contributed by atoms with Crippen molar-refractivity contribution in [3.8, 4) is 0 Å². The summed E-state index contributed by atoms with van der Waals surface area (Å²) in [6, 6.07) is 15.6. The van der Waals surface area contributed by atoms with Gasteiger partial charge in [-0.05, 0) is 35.7 Å². The first-order valence-corrected chi connectivity index (χ1v) is 11.8. The molecule has 0 fully saturated rings. The van der Waals surface area contributed by atoms with Gasteiger partial charge in [0.05, 0.1) is 29.9 Å². The van der Waals surface area contributed by atoms with Crippen LogP contribution in [-0.2, 0) is 26.1 Å². The van der Waals surface area contributed by atoms with Crippen LogP contribution in [-0.4, -0.2) is 33.9 Å². The van der Waals surface area contributed by atoms with Crippen molar-refractivity contribution in [1.29, 1.82) is 0 Å². The molecule has 3 aromatic rings. The van der Waals surface area contributed by atoms with E-state index in [2.05, 4.69) is 5.32 Å².